The second-order valence-electron chi connectivity index (χ2n) is 20.3. The molecular weight excluding hydrogens is 759 g/mol. The topological polar surface area (TPSA) is 3.24 Å². The van der Waals surface area contributed by atoms with Gasteiger partial charge in [0.25, 0.3) is 0 Å². The van der Waals surface area contributed by atoms with Gasteiger partial charge in [0.1, 0.15) is 0 Å². The molecule has 63 heavy (non-hydrogen) atoms. The Labute approximate surface area is 375 Å². The average Bonchev–Trinajstić information content (AvgIpc) is 3.28. The Hall–Kier alpha value is -6.70. The van der Waals surface area contributed by atoms with Gasteiger partial charge in [-0.1, -0.05) is 232 Å². The van der Waals surface area contributed by atoms with Crippen LogP contribution in [-0.2, 0) is 16.2 Å². The first-order valence-electron chi connectivity index (χ1n) is 22.5. The lowest BCUT2D eigenvalue weighted by Crippen LogP contribution is -2.16. The third-order valence-electron chi connectivity index (χ3n) is 12.7. The minimum Gasteiger partial charge on any atom is -0.309 e. The molecule has 0 atom stereocenters. The maximum Gasteiger partial charge on any atom is 0.0540 e. The fourth-order valence-electron chi connectivity index (χ4n) is 9.19. The summed E-state index contributed by atoms with van der Waals surface area (Å²) in [5.41, 5.74) is 17.1. The molecule has 0 heterocycles. The normalized spacial score (nSPS) is 12.2. The fourth-order valence-corrected chi connectivity index (χ4v) is 9.19. The van der Waals surface area contributed by atoms with Crippen LogP contribution in [0.25, 0.3) is 66.1 Å². The van der Waals surface area contributed by atoms with E-state index in [2.05, 4.69) is 261 Å². The lowest BCUT2D eigenvalue weighted by molar-refractivity contribution is 0.569. The van der Waals surface area contributed by atoms with Crippen LogP contribution in [0.2, 0.25) is 0 Å². The molecule has 0 aliphatic carbocycles. The number of hydrogen-bond donors (Lipinski definition) is 0. The molecule has 0 amide bonds. The molecule has 9 aromatic carbocycles. The molecule has 9 aromatic rings. The summed E-state index contributed by atoms with van der Waals surface area (Å²) in [7, 11) is 0. The van der Waals surface area contributed by atoms with Gasteiger partial charge in [0, 0.05) is 16.8 Å². The minimum atomic E-state index is -0.00159. The van der Waals surface area contributed by atoms with E-state index in [-0.39, 0.29) is 16.2 Å². The summed E-state index contributed by atoms with van der Waals surface area (Å²) in [6.45, 7) is 20.8. The molecule has 0 spiro atoms. The molecule has 0 saturated carbocycles. The monoisotopic (exact) mass is 817 g/mol. The van der Waals surface area contributed by atoms with Gasteiger partial charge in [-0.2, -0.15) is 0 Å². The van der Waals surface area contributed by atoms with Crippen molar-refractivity contribution in [3.05, 3.63) is 211 Å². The Balaban J connectivity index is 1.32. The summed E-state index contributed by atoms with van der Waals surface area (Å²) in [4.78, 5) is 2.50. The zero-order valence-corrected chi connectivity index (χ0v) is 38.4. The SMILES string of the molecule is CC(C)(C)c1ccc(N(c2ccccc2-c2cccc3cccc(-c4ccccc4)c23)c2ccccc2-c2cccc3cccc(-c4cc(C(C)(C)C)cc(C(C)(C)C)c4)c23)cc1. The van der Waals surface area contributed by atoms with Crippen LogP contribution in [0.5, 0.6) is 0 Å². The molecule has 0 aromatic heterocycles. The number of fused-ring (bicyclic) bond motifs is 2. The van der Waals surface area contributed by atoms with Crippen LogP contribution in [0.3, 0.4) is 0 Å². The smallest absolute Gasteiger partial charge is 0.0540 e. The predicted molar refractivity (Wildman–Crippen MR) is 274 cm³/mol. The highest BCUT2D eigenvalue weighted by Crippen LogP contribution is 2.49. The lowest BCUT2D eigenvalue weighted by Gasteiger charge is -2.31. The van der Waals surface area contributed by atoms with E-state index in [4.69, 9.17) is 0 Å². The van der Waals surface area contributed by atoms with Crippen LogP contribution < -0.4 is 4.90 Å². The zero-order valence-electron chi connectivity index (χ0n) is 38.4. The molecule has 312 valence electrons. The summed E-state index contributed by atoms with van der Waals surface area (Å²) < 4.78 is 0. The van der Waals surface area contributed by atoms with Crippen molar-refractivity contribution in [2.45, 2.75) is 78.6 Å². The van der Waals surface area contributed by atoms with Crippen molar-refractivity contribution in [1.82, 2.24) is 0 Å². The maximum absolute atomic E-state index is 2.50. The number of nitrogens with zero attached hydrogens (tertiary/aromatic N) is 1. The quantitative estimate of drug-likeness (QED) is 0.155. The number of benzene rings is 9. The van der Waals surface area contributed by atoms with Gasteiger partial charge in [0.2, 0.25) is 0 Å². The Morgan fingerprint density at radius 1 is 0.286 bits per heavy atom. The van der Waals surface area contributed by atoms with Gasteiger partial charge in [-0.25, -0.2) is 0 Å². The Morgan fingerprint density at radius 2 is 0.667 bits per heavy atom. The van der Waals surface area contributed by atoms with E-state index in [1.54, 1.807) is 0 Å². The van der Waals surface area contributed by atoms with Crippen molar-refractivity contribution in [3.8, 4) is 44.5 Å². The largest absolute Gasteiger partial charge is 0.309 e. The summed E-state index contributed by atoms with van der Waals surface area (Å²) in [5, 5.41) is 4.96. The van der Waals surface area contributed by atoms with Crippen molar-refractivity contribution in [2.75, 3.05) is 4.90 Å². The first-order valence-corrected chi connectivity index (χ1v) is 22.5. The molecule has 0 radical (unpaired) electrons. The highest BCUT2D eigenvalue weighted by molar-refractivity contribution is 6.11. The van der Waals surface area contributed by atoms with E-state index >= 15 is 0 Å². The van der Waals surface area contributed by atoms with E-state index in [1.807, 2.05) is 0 Å². The van der Waals surface area contributed by atoms with Crippen molar-refractivity contribution in [1.29, 1.82) is 0 Å². The van der Waals surface area contributed by atoms with Gasteiger partial charge in [-0.05, 0) is 112 Å². The molecule has 0 bridgehead atoms. The van der Waals surface area contributed by atoms with Gasteiger partial charge >= 0.3 is 0 Å². The number of para-hydroxylation sites is 2. The van der Waals surface area contributed by atoms with Crippen molar-refractivity contribution >= 4 is 38.6 Å². The zero-order chi connectivity index (χ0) is 44.1. The third kappa shape index (κ3) is 8.10. The molecule has 0 saturated heterocycles. The van der Waals surface area contributed by atoms with Gasteiger partial charge < -0.3 is 4.90 Å². The molecule has 0 aliphatic rings. The second-order valence-corrected chi connectivity index (χ2v) is 20.3. The lowest BCUT2D eigenvalue weighted by atomic mass is 9.78. The van der Waals surface area contributed by atoms with E-state index in [0.717, 1.165) is 17.1 Å². The minimum absolute atomic E-state index is 0.00159. The third-order valence-corrected chi connectivity index (χ3v) is 12.7. The van der Waals surface area contributed by atoms with Gasteiger partial charge in [-0.15, -0.1) is 0 Å². The van der Waals surface area contributed by atoms with Crippen LogP contribution >= 0.6 is 0 Å². The van der Waals surface area contributed by atoms with E-state index in [9.17, 15) is 0 Å². The second kappa shape index (κ2) is 16.2. The van der Waals surface area contributed by atoms with Gasteiger partial charge in [0.15, 0.2) is 0 Å². The van der Waals surface area contributed by atoms with Gasteiger partial charge in [0.05, 0.1) is 11.4 Å². The number of rotatable bonds is 7. The maximum atomic E-state index is 2.50. The fraction of sp³-hybridized carbons (Fsp3) is 0.194. The summed E-state index contributed by atoms with van der Waals surface area (Å²) >= 11 is 0. The first-order chi connectivity index (χ1) is 30.2. The highest BCUT2D eigenvalue weighted by atomic mass is 15.1. The van der Waals surface area contributed by atoms with Gasteiger partial charge in [-0.3, -0.25) is 0 Å². The number of hydrogen-bond acceptors (Lipinski definition) is 1. The Bertz CT molecular complexity index is 3050. The van der Waals surface area contributed by atoms with E-state index in [0.29, 0.717) is 0 Å². The number of anilines is 3. The van der Waals surface area contributed by atoms with Crippen molar-refractivity contribution in [2.24, 2.45) is 0 Å². The predicted octanol–water partition coefficient (Wildman–Crippen LogP) is 18.0. The van der Waals surface area contributed by atoms with E-state index < -0.39 is 0 Å². The highest BCUT2D eigenvalue weighted by Gasteiger charge is 2.26. The molecule has 0 N–H and O–H groups in total. The average molecular weight is 818 g/mol. The van der Waals surface area contributed by atoms with Crippen molar-refractivity contribution < 1.29 is 0 Å². The van der Waals surface area contributed by atoms with Crippen LogP contribution in [-0.4, -0.2) is 0 Å². The molecule has 0 unspecified atom stereocenters. The summed E-state index contributed by atoms with van der Waals surface area (Å²) in [6.07, 6.45) is 0. The van der Waals surface area contributed by atoms with Crippen molar-refractivity contribution in [3.63, 3.8) is 0 Å². The molecule has 9 rings (SSSR count). The summed E-state index contributed by atoms with van der Waals surface area (Å²) in [5.74, 6) is 0. The molecule has 1 nitrogen and oxygen atoms in total. The standard InChI is InChI=1S/C62H59N/c1-60(2,3)46-35-37-49(38-36-46)63(56-33-15-13-27-52(56)54-31-19-25-43-23-17-29-50(58(43)54)42-21-11-10-12-22-42)57-34-16-14-28-53(57)55-32-20-26-44-24-18-30-51(59(44)55)45-39-47(61(4,5)6)41-48(40-45)62(7,8)9/h10-41H,1-9H3. The van der Waals surface area contributed by atoms with Crippen LogP contribution in [0.1, 0.15) is 79.0 Å². The molecule has 0 aliphatic heterocycles. The Kier molecular flexibility index (Phi) is 10.7. The van der Waals surface area contributed by atoms with E-state index in [1.165, 1.54) is 82.7 Å². The molecular formula is C62H59N. The molecule has 0 fully saturated rings. The molecule has 1 heteroatoms. The first kappa shape index (κ1) is 41.6. The summed E-state index contributed by atoms with van der Waals surface area (Å²) in [6, 6.07) is 72.4. The Morgan fingerprint density at radius 3 is 1.11 bits per heavy atom. The van der Waals surface area contributed by atoms with Crippen LogP contribution in [0.15, 0.2) is 194 Å². The van der Waals surface area contributed by atoms with Crippen LogP contribution in [0, 0.1) is 0 Å². The van der Waals surface area contributed by atoms with Crippen LogP contribution in [0.4, 0.5) is 17.1 Å².